The Kier molecular flexibility index (Phi) is 4.21. The summed E-state index contributed by atoms with van der Waals surface area (Å²) in [4.78, 5) is 25.3. The number of carbonyl (C=O) groups is 1. The number of hydrogen-bond donors (Lipinski definition) is 1. The number of pyridine rings is 1. The van der Waals surface area contributed by atoms with E-state index in [1.54, 1.807) is 12.3 Å². The Morgan fingerprint density at radius 3 is 2.54 bits per heavy atom. The minimum absolute atomic E-state index is 0.161. The van der Waals surface area contributed by atoms with E-state index in [0.717, 1.165) is 16.6 Å². The van der Waals surface area contributed by atoms with E-state index < -0.39 is 0 Å². The van der Waals surface area contributed by atoms with E-state index in [0.29, 0.717) is 17.6 Å². The van der Waals surface area contributed by atoms with Crippen molar-refractivity contribution in [3.8, 4) is 0 Å². The zero-order valence-electron chi connectivity index (χ0n) is 14.1. The van der Waals surface area contributed by atoms with Crippen LogP contribution in [0.2, 0.25) is 0 Å². The summed E-state index contributed by atoms with van der Waals surface area (Å²) in [6.07, 6.45) is 1.64. The van der Waals surface area contributed by atoms with Crippen molar-refractivity contribution < 1.29 is 4.79 Å². The van der Waals surface area contributed by atoms with Crippen molar-refractivity contribution >= 4 is 22.5 Å². The van der Waals surface area contributed by atoms with Crippen molar-refractivity contribution in [1.82, 2.24) is 4.57 Å². The summed E-state index contributed by atoms with van der Waals surface area (Å²) in [5.41, 5.74) is 3.71. The molecule has 0 unspecified atom stereocenters. The Hall–Kier alpha value is -2.88. The van der Waals surface area contributed by atoms with Gasteiger partial charge in [0.25, 0.3) is 5.91 Å². The van der Waals surface area contributed by atoms with Crippen molar-refractivity contribution in [3.63, 3.8) is 0 Å². The van der Waals surface area contributed by atoms with Gasteiger partial charge in [-0.3, -0.25) is 9.59 Å². The van der Waals surface area contributed by atoms with Crippen LogP contribution in [0.1, 0.15) is 28.4 Å². The first-order chi connectivity index (χ1) is 11.5. The Balaban J connectivity index is 2.05. The van der Waals surface area contributed by atoms with Crippen molar-refractivity contribution in [2.75, 3.05) is 5.32 Å². The molecule has 2 aromatic carbocycles. The Morgan fingerprint density at radius 2 is 1.83 bits per heavy atom. The highest BCUT2D eigenvalue weighted by Gasteiger charge is 2.15. The molecule has 1 aromatic heterocycles. The molecule has 0 aliphatic rings. The lowest BCUT2D eigenvalue weighted by Crippen LogP contribution is -2.23. The van der Waals surface area contributed by atoms with Crippen LogP contribution >= 0.6 is 0 Å². The summed E-state index contributed by atoms with van der Waals surface area (Å²) < 4.78 is 1.92. The number of benzene rings is 2. The number of amides is 1. The maximum Gasteiger partial charge on any atom is 0.261 e. The molecular formula is C20H20N2O2. The van der Waals surface area contributed by atoms with E-state index in [1.807, 2.05) is 61.7 Å². The quantitative estimate of drug-likeness (QED) is 0.796. The third kappa shape index (κ3) is 2.83. The number of anilines is 1. The number of nitrogens with zero attached hydrogens (tertiary/aromatic N) is 1. The largest absolute Gasteiger partial charge is 0.347 e. The Labute approximate surface area is 140 Å². The number of para-hydroxylation sites is 1. The molecule has 1 N–H and O–H groups in total. The fraction of sp³-hybridized carbons (Fsp3) is 0.200. The van der Waals surface area contributed by atoms with Crippen LogP contribution in [0.5, 0.6) is 0 Å². The zero-order chi connectivity index (χ0) is 17.3. The molecule has 0 radical (unpaired) electrons. The SMILES string of the molecule is CCn1cc(C(=O)Nc2ccc(C)c(C)c2)c(=O)c2ccccc21. The monoisotopic (exact) mass is 320 g/mol. The van der Waals surface area contributed by atoms with Crippen molar-refractivity contribution in [3.05, 3.63) is 75.6 Å². The molecule has 3 aromatic rings. The van der Waals surface area contributed by atoms with Crippen LogP contribution < -0.4 is 10.7 Å². The lowest BCUT2D eigenvalue weighted by atomic mass is 10.1. The molecule has 3 rings (SSSR count). The number of aromatic nitrogens is 1. The first kappa shape index (κ1) is 16.0. The van der Waals surface area contributed by atoms with E-state index in [2.05, 4.69) is 5.32 Å². The van der Waals surface area contributed by atoms with E-state index in [4.69, 9.17) is 0 Å². The normalized spacial score (nSPS) is 10.8. The highest BCUT2D eigenvalue weighted by atomic mass is 16.2. The topological polar surface area (TPSA) is 51.1 Å². The van der Waals surface area contributed by atoms with Crippen molar-refractivity contribution in [2.24, 2.45) is 0 Å². The van der Waals surface area contributed by atoms with Crippen molar-refractivity contribution in [1.29, 1.82) is 0 Å². The standard InChI is InChI=1S/C20H20N2O2/c1-4-22-12-17(19(23)16-7-5-6-8-18(16)22)20(24)21-15-10-9-13(2)14(3)11-15/h5-12H,4H2,1-3H3,(H,21,24). The summed E-state index contributed by atoms with van der Waals surface area (Å²) in [6, 6.07) is 13.1. The average molecular weight is 320 g/mol. The van der Waals surface area contributed by atoms with Crippen LogP contribution in [0, 0.1) is 13.8 Å². The maximum absolute atomic E-state index is 12.7. The Bertz CT molecular complexity index is 987. The van der Waals surface area contributed by atoms with Gasteiger partial charge in [0.15, 0.2) is 0 Å². The van der Waals surface area contributed by atoms with E-state index >= 15 is 0 Å². The van der Waals surface area contributed by atoms with Crippen LogP contribution in [0.3, 0.4) is 0 Å². The maximum atomic E-state index is 12.7. The lowest BCUT2D eigenvalue weighted by Gasteiger charge is -2.12. The summed E-state index contributed by atoms with van der Waals surface area (Å²) in [5.74, 6) is -0.379. The fourth-order valence-electron chi connectivity index (χ4n) is 2.79. The average Bonchev–Trinajstić information content (AvgIpc) is 2.58. The number of fused-ring (bicyclic) bond motifs is 1. The molecule has 4 heteroatoms. The van der Waals surface area contributed by atoms with Gasteiger partial charge in [0, 0.05) is 23.8 Å². The molecule has 0 bridgehead atoms. The van der Waals surface area contributed by atoms with Gasteiger partial charge >= 0.3 is 0 Å². The van der Waals surface area contributed by atoms with Gasteiger partial charge in [-0.15, -0.1) is 0 Å². The van der Waals surface area contributed by atoms with Crippen LogP contribution in [-0.2, 0) is 6.54 Å². The number of hydrogen-bond acceptors (Lipinski definition) is 2. The molecule has 0 saturated heterocycles. The van der Waals surface area contributed by atoms with Crippen molar-refractivity contribution in [2.45, 2.75) is 27.3 Å². The molecule has 0 aliphatic heterocycles. The second kappa shape index (κ2) is 6.32. The predicted octanol–water partition coefficient (Wildman–Crippen LogP) is 3.89. The lowest BCUT2D eigenvalue weighted by molar-refractivity contribution is 0.102. The minimum Gasteiger partial charge on any atom is -0.347 e. The van der Waals surface area contributed by atoms with Gasteiger partial charge in [0.2, 0.25) is 5.43 Å². The second-order valence-electron chi connectivity index (χ2n) is 5.93. The molecule has 1 amide bonds. The van der Waals surface area contributed by atoms with Gasteiger partial charge in [-0.25, -0.2) is 0 Å². The molecule has 0 saturated carbocycles. The smallest absolute Gasteiger partial charge is 0.261 e. The first-order valence-electron chi connectivity index (χ1n) is 8.02. The van der Waals surface area contributed by atoms with Gasteiger partial charge in [-0.1, -0.05) is 18.2 Å². The van der Waals surface area contributed by atoms with E-state index in [1.165, 1.54) is 0 Å². The summed E-state index contributed by atoms with van der Waals surface area (Å²) in [5, 5.41) is 3.39. The molecule has 0 spiro atoms. The summed E-state index contributed by atoms with van der Waals surface area (Å²) in [6.45, 7) is 6.68. The van der Waals surface area contributed by atoms with E-state index in [9.17, 15) is 9.59 Å². The van der Waals surface area contributed by atoms with Crippen LogP contribution in [0.15, 0.2) is 53.5 Å². The highest BCUT2D eigenvalue weighted by Crippen LogP contribution is 2.16. The first-order valence-corrected chi connectivity index (χ1v) is 8.02. The van der Waals surface area contributed by atoms with Gasteiger partial charge < -0.3 is 9.88 Å². The molecule has 24 heavy (non-hydrogen) atoms. The number of aryl methyl sites for hydroxylation is 3. The molecule has 4 nitrogen and oxygen atoms in total. The summed E-state index contributed by atoms with van der Waals surface area (Å²) in [7, 11) is 0. The Morgan fingerprint density at radius 1 is 1.08 bits per heavy atom. The fourth-order valence-corrected chi connectivity index (χ4v) is 2.79. The van der Waals surface area contributed by atoms with Crippen LogP contribution in [-0.4, -0.2) is 10.5 Å². The molecule has 0 aliphatic carbocycles. The number of carbonyl (C=O) groups excluding carboxylic acids is 1. The molecule has 1 heterocycles. The van der Waals surface area contributed by atoms with Gasteiger partial charge in [-0.05, 0) is 56.2 Å². The zero-order valence-corrected chi connectivity index (χ0v) is 14.1. The predicted molar refractivity (Wildman–Crippen MR) is 97.8 cm³/mol. The van der Waals surface area contributed by atoms with Gasteiger partial charge in [0.05, 0.1) is 5.52 Å². The molecular weight excluding hydrogens is 300 g/mol. The van der Waals surface area contributed by atoms with Gasteiger partial charge in [-0.2, -0.15) is 0 Å². The third-order valence-electron chi connectivity index (χ3n) is 4.34. The molecule has 122 valence electrons. The second-order valence-corrected chi connectivity index (χ2v) is 5.93. The van der Waals surface area contributed by atoms with E-state index in [-0.39, 0.29) is 16.9 Å². The molecule has 0 atom stereocenters. The molecule has 0 fully saturated rings. The third-order valence-corrected chi connectivity index (χ3v) is 4.34. The van der Waals surface area contributed by atoms with Crippen LogP contribution in [0.25, 0.3) is 10.9 Å². The number of nitrogens with one attached hydrogen (secondary N) is 1. The van der Waals surface area contributed by atoms with Crippen LogP contribution in [0.4, 0.5) is 5.69 Å². The summed E-state index contributed by atoms with van der Waals surface area (Å²) >= 11 is 0. The highest BCUT2D eigenvalue weighted by molar-refractivity contribution is 6.05. The minimum atomic E-state index is -0.379. The van der Waals surface area contributed by atoms with Gasteiger partial charge in [0.1, 0.15) is 5.56 Å². The number of rotatable bonds is 3.